The molecule has 0 bridgehead atoms. The molecule has 20 heavy (non-hydrogen) atoms. The van der Waals surface area contributed by atoms with Crippen molar-refractivity contribution in [1.82, 2.24) is 19.9 Å². The number of imidazole rings is 1. The van der Waals surface area contributed by atoms with Crippen LogP contribution < -0.4 is 0 Å². The van der Waals surface area contributed by atoms with Gasteiger partial charge in [0, 0.05) is 4.75 Å². The fourth-order valence-corrected chi connectivity index (χ4v) is 2.33. The predicted octanol–water partition coefficient (Wildman–Crippen LogP) is 1.64. The van der Waals surface area contributed by atoms with Crippen LogP contribution in [0, 0.1) is 0 Å². The number of nitrogens with zero attached hydrogens (tertiary/aromatic N) is 3. The van der Waals surface area contributed by atoms with Crippen LogP contribution in [0.5, 0.6) is 0 Å². The Hall–Kier alpha value is -2.16. The first kappa shape index (κ1) is 14.3. The number of carboxylic acid groups (broad SMARTS) is 2. The van der Waals surface area contributed by atoms with Gasteiger partial charge in [0.25, 0.3) is 0 Å². The number of aromatic amines is 1. The molecule has 0 atom stereocenters. The molecule has 8 nitrogen and oxygen atoms in total. The van der Waals surface area contributed by atoms with Gasteiger partial charge in [-0.25, -0.2) is 24.5 Å². The lowest BCUT2D eigenvalue weighted by Gasteiger charge is -2.14. The Kier molecular flexibility index (Phi) is 3.38. The highest BCUT2D eigenvalue weighted by molar-refractivity contribution is 8.00. The van der Waals surface area contributed by atoms with E-state index in [4.69, 9.17) is 10.2 Å². The Morgan fingerprint density at radius 1 is 1.10 bits per heavy atom. The van der Waals surface area contributed by atoms with E-state index in [9.17, 15) is 9.59 Å². The molecule has 0 spiro atoms. The van der Waals surface area contributed by atoms with Crippen LogP contribution in [0.25, 0.3) is 11.2 Å². The fourth-order valence-electron chi connectivity index (χ4n) is 1.46. The SMILES string of the molecule is CC(C)(C)Sc1nc2nc(C(=O)O)nc(C(=O)O)c2[nH]1. The molecule has 0 amide bonds. The minimum Gasteiger partial charge on any atom is -0.476 e. The summed E-state index contributed by atoms with van der Waals surface area (Å²) < 4.78 is -0.139. The number of aromatic carboxylic acids is 2. The summed E-state index contributed by atoms with van der Waals surface area (Å²) >= 11 is 1.39. The highest BCUT2D eigenvalue weighted by atomic mass is 32.2. The van der Waals surface area contributed by atoms with Crippen molar-refractivity contribution in [1.29, 1.82) is 0 Å². The van der Waals surface area contributed by atoms with Crippen molar-refractivity contribution in [2.24, 2.45) is 0 Å². The maximum atomic E-state index is 11.1. The van der Waals surface area contributed by atoms with E-state index in [1.54, 1.807) is 0 Å². The Morgan fingerprint density at radius 2 is 1.75 bits per heavy atom. The van der Waals surface area contributed by atoms with Gasteiger partial charge < -0.3 is 15.2 Å². The Labute approximate surface area is 117 Å². The molecule has 0 saturated heterocycles. The fraction of sp³-hybridized carbons (Fsp3) is 0.364. The molecule has 9 heteroatoms. The Balaban J connectivity index is 2.63. The molecular weight excluding hydrogens is 284 g/mol. The number of carbonyl (C=O) groups is 2. The quantitative estimate of drug-likeness (QED) is 0.729. The summed E-state index contributed by atoms with van der Waals surface area (Å²) in [5.41, 5.74) is -0.253. The van der Waals surface area contributed by atoms with Crippen LogP contribution in [0.2, 0.25) is 0 Å². The summed E-state index contributed by atoms with van der Waals surface area (Å²) in [4.78, 5) is 36.2. The monoisotopic (exact) mass is 296 g/mol. The first-order valence-corrected chi connectivity index (χ1v) is 6.42. The molecule has 2 aromatic rings. The van der Waals surface area contributed by atoms with Gasteiger partial charge in [0.05, 0.1) is 0 Å². The molecule has 0 aromatic carbocycles. The van der Waals surface area contributed by atoms with Crippen molar-refractivity contribution in [2.45, 2.75) is 30.7 Å². The van der Waals surface area contributed by atoms with Crippen LogP contribution in [-0.4, -0.2) is 46.8 Å². The van der Waals surface area contributed by atoms with Crippen molar-refractivity contribution >= 4 is 34.9 Å². The smallest absolute Gasteiger partial charge is 0.374 e. The van der Waals surface area contributed by atoms with Gasteiger partial charge in [0.1, 0.15) is 5.52 Å². The van der Waals surface area contributed by atoms with E-state index in [1.807, 2.05) is 20.8 Å². The van der Waals surface area contributed by atoms with Gasteiger partial charge in [-0.1, -0.05) is 32.5 Å². The minimum absolute atomic E-state index is 0.0292. The molecule has 0 radical (unpaired) electrons. The van der Waals surface area contributed by atoms with Gasteiger partial charge in [0.2, 0.25) is 5.82 Å². The van der Waals surface area contributed by atoms with Gasteiger partial charge in [-0.3, -0.25) is 0 Å². The van der Waals surface area contributed by atoms with Crippen LogP contribution in [-0.2, 0) is 0 Å². The van der Waals surface area contributed by atoms with E-state index >= 15 is 0 Å². The molecule has 2 aromatic heterocycles. The van der Waals surface area contributed by atoms with E-state index in [0.29, 0.717) is 5.16 Å². The zero-order chi connectivity index (χ0) is 15.1. The first-order chi connectivity index (χ1) is 9.17. The lowest BCUT2D eigenvalue weighted by molar-refractivity contribution is 0.0681. The summed E-state index contributed by atoms with van der Waals surface area (Å²) in [6, 6.07) is 0. The number of carboxylic acids is 2. The van der Waals surface area contributed by atoms with Crippen molar-refractivity contribution < 1.29 is 19.8 Å². The van der Waals surface area contributed by atoms with E-state index in [0.717, 1.165) is 0 Å². The maximum absolute atomic E-state index is 11.1. The predicted molar refractivity (Wildman–Crippen MR) is 71.2 cm³/mol. The van der Waals surface area contributed by atoms with Gasteiger partial charge in [-0.05, 0) is 0 Å². The van der Waals surface area contributed by atoms with E-state index in [2.05, 4.69) is 19.9 Å². The second kappa shape index (κ2) is 4.75. The van der Waals surface area contributed by atoms with Gasteiger partial charge >= 0.3 is 11.9 Å². The molecule has 0 unspecified atom stereocenters. The topological polar surface area (TPSA) is 129 Å². The van der Waals surface area contributed by atoms with E-state index in [1.165, 1.54) is 11.8 Å². The number of rotatable bonds is 3. The molecule has 0 aliphatic heterocycles. The number of aromatic nitrogens is 4. The summed E-state index contributed by atoms with van der Waals surface area (Å²) in [5.74, 6) is -3.33. The molecule has 0 saturated carbocycles. The van der Waals surface area contributed by atoms with Crippen LogP contribution in [0.4, 0.5) is 0 Å². The van der Waals surface area contributed by atoms with Gasteiger partial charge in [0.15, 0.2) is 16.5 Å². The highest BCUT2D eigenvalue weighted by Crippen LogP contribution is 2.31. The third-order valence-electron chi connectivity index (χ3n) is 2.13. The van der Waals surface area contributed by atoms with Gasteiger partial charge in [-0.15, -0.1) is 0 Å². The number of hydrogen-bond donors (Lipinski definition) is 3. The van der Waals surface area contributed by atoms with Crippen LogP contribution in [0.3, 0.4) is 0 Å². The molecule has 106 valence electrons. The van der Waals surface area contributed by atoms with Crippen LogP contribution in [0.15, 0.2) is 5.16 Å². The molecule has 2 rings (SSSR count). The normalized spacial score (nSPS) is 11.8. The third kappa shape index (κ3) is 2.87. The first-order valence-electron chi connectivity index (χ1n) is 5.61. The summed E-state index contributed by atoms with van der Waals surface area (Å²) in [7, 11) is 0. The third-order valence-corrected chi connectivity index (χ3v) is 3.13. The minimum atomic E-state index is -1.40. The number of H-pyrrole nitrogens is 1. The maximum Gasteiger partial charge on any atom is 0.374 e. The van der Waals surface area contributed by atoms with Crippen LogP contribution in [0.1, 0.15) is 41.9 Å². The molecular formula is C11H12N4O4S. The second-order valence-corrected chi connectivity index (χ2v) is 6.78. The van der Waals surface area contributed by atoms with E-state index in [-0.39, 0.29) is 15.9 Å². The average molecular weight is 296 g/mol. The highest BCUT2D eigenvalue weighted by Gasteiger charge is 2.22. The molecule has 0 aliphatic carbocycles. The number of fused-ring (bicyclic) bond motifs is 1. The zero-order valence-electron chi connectivity index (χ0n) is 11.0. The lowest BCUT2D eigenvalue weighted by Crippen LogP contribution is -2.10. The lowest BCUT2D eigenvalue weighted by atomic mass is 10.3. The van der Waals surface area contributed by atoms with Crippen molar-refractivity contribution in [3.05, 3.63) is 11.5 Å². The number of hydrogen-bond acceptors (Lipinski definition) is 6. The molecule has 3 N–H and O–H groups in total. The molecule has 2 heterocycles. The second-order valence-electron chi connectivity index (χ2n) is 4.96. The van der Waals surface area contributed by atoms with E-state index < -0.39 is 23.5 Å². The van der Waals surface area contributed by atoms with Crippen molar-refractivity contribution in [3.63, 3.8) is 0 Å². The Morgan fingerprint density at radius 3 is 2.25 bits per heavy atom. The number of nitrogens with one attached hydrogen (secondary N) is 1. The van der Waals surface area contributed by atoms with Gasteiger partial charge in [-0.2, -0.15) is 0 Å². The zero-order valence-corrected chi connectivity index (χ0v) is 11.8. The largest absolute Gasteiger partial charge is 0.476 e. The van der Waals surface area contributed by atoms with Crippen molar-refractivity contribution in [3.8, 4) is 0 Å². The average Bonchev–Trinajstić information content (AvgIpc) is 2.66. The van der Waals surface area contributed by atoms with Crippen LogP contribution >= 0.6 is 11.8 Å². The summed E-state index contributed by atoms with van der Waals surface area (Å²) in [6.07, 6.45) is 0. The summed E-state index contributed by atoms with van der Waals surface area (Å²) in [5, 5.41) is 18.4. The summed E-state index contributed by atoms with van der Waals surface area (Å²) in [6.45, 7) is 5.91. The molecule has 0 fully saturated rings. The Bertz CT molecular complexity index is 704. The standard InChI is InChI=1S/C11H12N4O4S/c1-11(2,3)20-10-13-4-5(8(16)17)12-7(9(18)19)14-6(4)15-10/h1-3H3,(H,16,17)(H,18,19)(H,12,13,14,15). The van der Waals surface area contributed by atoms with Crippen molar-refractivity contribution in [2.75, 3.05) is 0 Å². The number of thioether (sulfide) groups is 1. The molecule has 0 aliphatic rings.